The molecule has 3 rings (SSSR count). The SMILES string of the molecule is CCCCSCCCNC(=O)CN1C(=O)/C(=C\c2cccc(Cl)c2)OC2CCCCC21. The van der Waals surface area contributed by atoms with Gasteiger partial charge in [0.2, 0.25) is 5.91 Å². The van der Waals surface area contributed by atoms with Crippen LogP contribution >= 0.6 is 23.4 Å². The molecule has 2 fully saturated rings. The van der Waals surface area contributed by atoms with E-state index >= 15 is 0 Å². The molecule has 0 bridgehead atoms. The summed E-state index contributed by atoms with van der Waals surface area (Å²) >= 11 is 8.02. The zero-order valence-corrected chi connectivity index (χ0v) is 19.9. The van der Waals surface area contributed by atoms with Gasteiger partial charge in [-0.1, -0.05) is 43.5 Å². The average molecular weight is 465 g/mol. The van der Waals surface area contributed by atoms with E-state index in [0.717, 1.165) is 43.4 Å². The van der Waals surface area contributed by atoms with E-state index in [9.17, 15) is 9.59 Å². The van der Waals surface area contributed by atoms with Crippen molar-refractivity contribution in [1.82, 2.24) is 10.2 Å². The molecule has 1 saturated heterocycles. The van der Waals surface area contributed by atoms with Crippen LogP contribution in [-0.4, -0.2) is 53.5 Å². The molecule has 1 aromatic carbocycles. The van der Waals surface area contributed by atoms with Gasteiger partial charge in [0.05, 0.1) is 6.04 Å². The van der Waals surface area contributed by atoms with E-state index in [1.165, 1.54) is 18.6 Å². The van der Waals surface area contributed by atoms with Crippen LogP contribution in [0.25, 0.3) is 6.08 Å². The lowest BCUT2D eigenvalue weighted by Gasteiger charge is -2.44. The third kappa shape index (κ3) is 7.18. The molecule has 1 aromatic rings. The van der Waals surface area contributed by atoms with Crippen molar-refractivity contribution in [3.8, 4) is 0 Å². The van der Waals surface area contributed by atoms with Crippen LogP contribution < -0.4 is 5.32 Å². The largest absolute Gasteiger partial charge is 0.482 e. The van der Waals surface area contributed by atoms with E-state index in [2.05, 4.69) is 12.2 Å². The minimum absolute atomic E-state index is 0.0342. The highest BCUT2D eigenvalue weighted by Gasteiger charge is 2.42. The molecule has 31 heavy (non-hydrogen) atoms. The molecule has 1 aliphatic carbocycles. The number of thioether (sulfide) groups is 1. The zero-order valence-electron chi connectivity index (χ0n) is 18.3. The number of unbranched alkanes of at least 4 members (excludes halogenated alkanes) is 1. The molecule has 1 N–H and O–H groups in total. The summed E-state index contributed by atoms with van der Waals surface area (Å²) in [5, 5.41) is 3.59. The average Bonchev–Trinajstić information content (AvgIpc) is 2.76. The maximum atomic E-state index is 13.2. The molecule has 7 heteroatoms. The summed E-state index contributed by atoms with van der Waals surface area (Å²) in [6.07, 6.45) is 8.99. The van der Waals surface area contributed by atoms with Crippen molar-refractivity contribution >= 4 is 41.3 Å². The zero-order chi connectivity index (χ0) is 22.1. The van der Waals surface area contributed by atoms with Crippen LogP contribution in [0.2, 0.25) is 5.02 Å². The van der Waals surface area contributed by atoms with E-state index < -0.39 is 0 Å². The predicted octanol–water partition coefficient (Wildman–Crippen LogP) is 4.89. The molecular formula is C24H33ClN2O3S. The third-order valence-corrected chi connectivity index (χ3v) is 7.10. The summed E-state index contributed by atoms with van der Waals surface area (Å²) in [6, 6.07) is 7.29. The Morgan fingerprint density at radius 2 is 2.10 bits per heavy atom. The van der Waals surface area contributed by atoms with Crippen LogP contribution in [0.4, 0.5) is 0 Å². The minimum Gasteiger partial charge on any atom is -0.482 e. The van der Waals surface area contributed by atoms with Gasteiger partial charge in [0.15, 0.2) is 5.76 Å². The topological polar surface area (TPSA) is 58.6 Å². The number of carbonyl (C=O) groups excluding carboxylic acids is 2. The lowest BCUT2D eigenvalue weighted by atomic mass is 9.89. The van der Waals surface area contributed by atoms with Crippen LogP contribution in [-0.2, 0) is 14.3 Å². The van der Waals surface area contributed by atoms with Crippen molar-refractivity contribution in [2.45, 2.75) is 64.0 Å². The highest BCUT2D eigenvalue weighted by atomic mass is 35.5. The standard InChI is InChI=1S/C24H33ClN2O3S/c1-2-3-13-31-14-7-12-26-23(28)17-27-20-10-4-5-11-21(20)30-22(24(27)29)16-18-8-6-9-19(25)15-18/h6,8-9,15-16,20-21H,2-5,7,10-14,17H2,1H3,(H,26,28)/b22-16+. The Bertz CT molecular complexity index is 786. The lowest BCUT2D eigenvalue weighted by molar-refractivity contribution is -0.151. The Hall–Kier alpha value is -1.66. The quantitative estimate of drug-likeness (QED) is 0.395. The normalized spacial score (nSPS) is 22.2. The summed E-state index contributed by atoms with van der Waals surface area (Å²) < 4.78 is 6.10. The maximum Gasteiger partial charge on any atom is 0.289 e. The highest BCUT2D eigenvalue weighted by Crippen LogP contribution is 2.33. The fourth-order valence-electron chi connectivity index (χ4n) is 4.07. The number of nitrogens with zero attached hydrogens (tertiary/aromatic N) is 1. The number of carbonyl (C=O) groups is 2. The summed E-state index contributed by atoms with van der Waals surface area (Å²) in [4.78, 5) is 27.5. The number of hydrogen-bond donors (Lipinski definition) is 1. The van der Waals surface area contributed by atoms with Crippen LogP contribution in [0.15, 0.2) is 30.0 Å². The Morgan fingerprint density at radius 3 is 2.90 bits per heavy atom. The number of rotatable bonds is 10. The number of ether oxygens (including phenoxy) is 1. The Labute approximate surface area is 194 Å². The first kappa shape index (κ1) is 24.0. The van der Waals surface area contributed by atoms with Gasteiger partial charge in [-0.25, -0.2) is 0 Å². The Balaban J connectivity index is 1.60. The number of amides is 2. The second kappa shape index (κ2) is 12.4. The molecule has 0 radical (unpaired) electrons. The first-order valence-corrected chi connectivity index (χ1v) is 12.9. The van der Waals surface area contributed by atoms with Gasteiger partial charge < -0.3 is 15.0 Å². The maximum absolute atomic E-state index is 13.2. The van der Waals surface area contributed by atoms with Crippen molar-refractivity contribution < 1.29 is 14.3 Å². The smallest absolute Gasteiger partial charge is 0.289 e. The van der Waals surface area contributed by atoms with Crippen LogP contribution in [0, 0.1) is 0 Å². The molecule has 2 amide bonds. The molecule has 170 valence electrons. The van der Waals surface area contributed by atoms with E-state index in [1.807, 2.05) is 23.9 Å². The first-order chi connectivity index (χ1) is 15.1. The summed E-state index contributed by atoms with van der Waals surface area (Å²) in [6.45, 7) is 2.93. The fourth-order valence-corrected chi connectivity index (χ4v) is 5.31. The number of benzene rings is 1. The van der Waals surface area contributed by atoms with Crippen LogP contribution in [0.1, 0.15) is 57.4 Å². The van der Waals surface area contributed by atoms with E-state index in [4.69, 9.17) is 16.3 Å². The molecule has 1 heterocycles. The first-order valence-electron chi connectivity index (χ1n) is 11.4. The molecule has 0 spiro atoms. The van der Waals surface area contributed by atoms with Crippen molar-refractivity contribution in [1.29, 1.82) is 0 Å². The second-order valence-corrected chi connectivity index (χ2v) is 9.84. The minimum atomic E-state index is -0.214. The molecule has 1 saturated carbocycles. The van der Waals surface area contributed by atoms with Crippen LogP contribution in [0.5, 0.6) is 0 Å². The third-order valence-electron chi connectivity index (χ3n) is 5.71. The molecule has 2 atom stereocenters. The van der Waals surface area contributed by atoms with Gasteiger partial charge in [0, 0.05) is 11.6 Å². The molecule has 1 aliphatic heterocycles. The summed E-state index contributed by atoms with van der Waals surface area (Å²) in [7, 11) is 0. The summed E-state index contributed by atoms with van der Waals surface area (Å²) in [5.41, 5.74) is 0.815. The molecule has 2 unspecified atom stereocenters. The van der Waals surface area contributed by atoms with E-state index in [1.54, 1.807) is 23.1 Å². The number of hydrogen-bond acceptors (Lipinski definition) is 4. The number of halogens is 1. The molecular weight excluding hydrogens is 432 g/mol. The number of morpholine rings is 1. The highest BCUT2D eigenvalue weighted by molar-refractivity contribution is 7.99. The Kier molecular flexibility index (Phi) is 9.59. The van der Waals surface area contributed by atoms with E-state index in [-0.39, 0.29) is 30.5 Å². The number of fused-ring (bicyclic) bond motifs is 1. The van der Waals surface area contributed by atoms with Gasteiger partial charge in [0.1, 0.15) is 12.6 Å². The number of nitrogens with one attached hydrogen (secondary N) is 1. The van der Waals surface area contributed by atoms with Crippen LogP contribution in [0.3, 0.4) is 0 Å². The predicted molar refractivity (Wildman–Crippen MR) is 128 cm³/mol. The van der Waals surface area contributed by atoms with Gasteiger partial charge >= 0.3 is 0 Å². The van der Waals surface area contributed by atoms with Gasteiger partial charge in [-0.2, -0.15) is 11.8 Å². The summed E-state index contributed by atoms with van der Waals surface area (Å²) in [5.74, 6) is 2.21. The fraction of sp³-hybridized carbons (Fsp3) is 0.583. The lowest BCUT2D eigenvalue weighted by Crippen LogP contribution is -2.57. The van der Waals surface area contributed by atoms with Crippen molar-refractivity contribution in [3.63, 3.8) is 0 Å². The monoisotopic (exact) mass is 464 g/mol. The molecule has 2 aliphatic rings. The second-order valence-electron chi connectivity index (χ2n) is 8.17. The van der Waals surface area contributed by atoms with Gasteiger partial charge in [0.25, 0.3) is 5.91 Å². The molecule has 5 nitrogen and oxygen atoms in total. The van der Waals surface area contributed by atoms with Crippen molar-refractivity contribution in [2.24, 2.45) is 0 Å². The molecule has 0 aromatic heterocycles. The van der Waals surface area contributed by atoms with Gasteiger partial charge in [-0.3, -0.25) is 9.59 Å². The van der Waals surface area contributed by atoms with Crippen molar-refractivity contribution in [2.75, 3.05) is 24.6 Å². The Morgan fingerprint density at radius 1 is 1.29 bits per heavy atom. The van der Waals surface area contributed by atoms with Gasteiger partial charge in [-0.05, 0) is 67.4 Å². The van der Waals surface area contributed by atoms with Gasteiger partial charge in [-0.15, -0.1) is 0 Å². The van der Waals surface area contributed by atoms with E-state index in [0.29, 0.717) is 17.3 Å². The van der Waals surface area contributed by atoms with Crippen molar-refractivity contribution in [3.05, 3.63) is 40.6 Å².